The van der Waals surface area contributed by atoms with Crippen molar-refractivity contribution in [3.8, 4) is 0 Å². The fraction of sp³-hybridized carbons (Fsp3) is 0.500. The van der Waals surface area contributed by atoms with E-state index < -0.39 is 17.6 Å². The minimum atomic E-state index is -0.914. The van der Waals surface area contributed by atoms with Crippen molar-refractivity contribution < 1.29 is 13.6 Å². The third-order valence-electron chi connectivity index (χ3n) is 3.45. The number of carbonyl (C=O) groups is 1. The Hall–Kier alpha value is -2.38. The van der Waals surface area contributed by atoms with Gasteiger partial charge in [0.2, 0.25) is 5.91 Å². The highest BCUT2D eigenvalue weighted by atomic mass is 19.2. The van der Waals surface area contributed by atoms with E-state index in [1.807, 2.05) is 20.8 Å². The van der Waals surface area contributed by atoms with Crippen molar-refractivity contribution >= 4 is 5.91 Å². The van der Waals surface area contributed by atoms with Gasteiger partial charge >= 0.3 is 0 Å². The van der Waals surface area contributed by atoms with Crippen molar-refractivity contribution in [2.24, 2.45) is 5.92 Å². The molecule has 2 rings (SSSR count). The van der Waals surface area contributed by atoms with Crippen LogP contribution in [0.5, 0.6) is 0 Å². The molecule has 0 aliphatic carbocycles. The van der Waals surface area contributed by atoms with Gasteiger partial charge in [-0.2, -0.15) is 4.80 Å². The molecule has 1 unspecified atom stereocenters. The number of rotatable bonds is 5. The molecule has 24 heavy (non-hydrogen) atoms. The van der Waals surface area contributed by atoms with Crippen LogP contribution in [0.3, 0.4) is 0 Å². The Morgan fingerprint density at radius 1 is 1.29 bits per heavy atom. The average molecular weight is 337 g/mol. The Labute approximate surface area is 139 Å². The molecule has 1 amide bonds. The van der Waals surface area contributed by atoms with Gasteiger partial charge in [-0.25, -0.2) is 8.78 Å². The molecule has 1 N–H and O–H groups in total. The minimum Gasteiger partial charge on any atom is -0.348 e. The van der Waals surface area contributed by atoms with Crippen molar-refractivity contribution in [2.45, 2.75) is 46.2 Å². The number of nitrogens with one attached hydrogen (secondary N) is 1. The molecular formula is C16H21F2N5O. The lowest BCUT2D eigenvalue weighted by Crippen LogP contribution is -2.30. The molecule has 0 saturated heterocycles. The fourth-order valence-corrected chi connectivity index (χ4v) is 2.05. The van der Waals surface area contributed by atoms with E-state index in [1.165, 1.54) is 10.9 Å². The summed E-state index contributed by atoms with van der Waals surface area (Å²) in [6.45, 7) is 7.72. The first kappa shape index (κ1) is 18.0. The van der Waals surface area contributed by atoms with Crippen LogP contribution >= 0.6 is 0 Å². The van der Waals surface area contributed by atoms with Crippen molar-refractivity contribution in [1.29, 1.82) is 0 Å². The topological polar surface area (TPSA) is 72.7 Å². The first-order valence-corrected chi connectivity index (χ1v) is 7.68. The van der Waals surface area contributed by atoms with Gasteiger partial charge < -0.3 is 5.32 Å². The Morgan fingerprint density at radius 2 is 2.00 bits per heavy atom. The molecule has 0 saturated carbocycles. The second-order valence-corrected chi connectivity index (χ2v) is 6.74. The highest BCUT2D eigenvalue weighted by molar-refractivity contribution is 5.78. The summed E-state index contributed by atoms with van der Waals surface area (Å²) in [6.07, 6.45) is 0.311. The van der Waals surface area contributed by atoms with Gasteiger partial charge in [-0.1, -0.05) is 13.0 Å². The van der Waals surface area contributed by atoms with Crippen molar-refractivity contribution in [2.75, 3.05) is 0 Å². The lowest BCUT2D eigenvalue weighted by Gasteiger charge is -2.15. The van der Waals surface area contributed by atoms with Crippen molar-refractivity contribution in [1.82, 2.24) is 25.5 Å². The molecule has 0 bridgehead atoms. The Balaban J connectivity index is 1.89. The average Bonchev–Trinajstić information content (AvgIpc) is 2.97. The van der Waals surface area contributed by atoms with Gasteiger partial charge in [0, 0.05) is 5.92 Å². The first-order chi connectivity index (χ1) is 11.2. The van der Waals surface area contributed by atoms with E-state index in [1.54, 1.807) is 6.92 Å². The maximum Gasteiger partial charge on any atom is 0.223 e. The first-order valence-electron chi connectivity index (χ1n) is 7.68. The lowest BCUT2D eigenvalue weighted by molar-refractivity contribution is -0.124. The quantitative estimate of drug-likeness (QED) is 0.908. The fourth-order valence-electron chi connectivity index (χ4n) is 2.05. The van der Waals surface area contributed by atoms with E-state index in [0.717, 1.165) is 12.1 Å². The summed E-state index contributed by atoms with van der Waals surface area (Å²) in [5.74, 6) is -2.01. The molecule has 0 aliphatic heterocycles. The Kier molecular flexibility index (Phi) is 5.26. The summed E-state index contributed by atoms with van der Waals surface area (Å²) >= 11 is 0. The number of nitrogens with zero attached hydrogens (tertiary/aromatic N) is 4. The molecule has 1 heterocycles. The predicted molar refractivity (Wildman–Crippen MR) is 83.9 cm³/mol. The third kappa shape index (κ3) is 4.56. The molecule has 0 aliphatic rings. The number of halogens is 2. The smallest absolute Gasteiger partial charge is 0.223 e. The maximum absolute atomic E-state index is 13.2. The summed E-state index contributed by atoms with van der Waals surface area (Å²) in [7, 11) is 0. The number of amides is 1. The second-order valence-electron chi connectivity index (χ2n) is 6.74. The minimum absolute atomic E-state index is 0.164. The summed E-state index contributed by atoms with van der Waals surface area (Å²) in [6, 6.07) is 3.64. The summed E-state index contributed by atoms with van der Waals surface area (Å²) in [5, 5.41) is 14.8. The standard InChI is InChI=1S/C16H21F2N5O/c1-10(7-11-5-6-12(17)13(18)8-11)15(24)19-9-14-20-22-23(21-14)16(2,3)4/h5-6,8,10H,7,9H2,1-4H3,(H,19,24). The zero-order valence-electron chi connectivity index (χ0n) is 14.2. The van der Waals surface area contributed by atoms with Gasteiger partial charge in [-0.3, -0.25) is 4.79 Å². The van der Waals surface area contributed by atoms with Gasteiger partial charge in [-0.15, -0.1) is 10.2 Å². The molecule has 0 spiro atoms. The molecule has 1 aromatic carbocycles. The van der Waals surface area contributed by atoms with E-state index in [0.29, 0.717) is 17.8 Å². The van der Waals surface area contributed by atoms with Crippen molar-refractivity contribution in [3.63, 3.8) is 0 Å². The van der Waals surface area contributed by atoms with Gasteiger partial charge in [0.15, 0.2) is 17.5 Å². The maximum atomic E-state index is 13.2. The summed E-state index contributed by atoms with van der Waals surface area (Å²) in [5.41, 5.74) is 0.281. The second kappa shape index (κ2) is 7.02. The molecular weight excluding hydrogens is 316 g/mol. The molecule has 0 radical (unpaired) electrons. The van der Waals surface area contributed by atoms with E-state index in [2.05, 4.69) is 20.7 Å². The highest BCUT2D eigenvalue weighted by Gasteiger charge is 2.18. The number of hydrogen-bond acceptors (Lipinski definition) is 4. The zero-order valence-corrected chi connectivity index (χ0v) is 14.2. The largest absolute Gasteiger partial charge is 0.348 e. The van der Waals surface area contributed by atoms with Crippen LogP contribution in [0.1, 0.15) is 39.1 Å². The van der Waals surface area contributed by atoms with Gasteiger partial charge in [-0.05, 0) is 50.1 Å². The molecule has 8 heteroatoms. The predicted octanol–water partition coefficient (Wildman–Crippen LogP) is 2.20. The Morgan fingerprint density at radius 3 is 2.58 bits per heavy atom. The molecule has 2 aromatic rings. The van der Waals surface area contributed by atoms with Crippen LogP contribution in [0.2, 0.25) is 0 Å². The number of benzene rings is 1. The summed E-state index contributed by atoms with van der Waals surface area (Å²) < 4.78 is 26.1. The number of tetrazole rings is 1. The van der Waals surface area contributed by atoms with Crippen LogP contribution in [0.25, 0.3) is 0 Å². The van der Waals surface area contributed by atoms with Crippen LogP contribution in [-0.2, 0) is 23.3 Å². The number of aromatic nitrogens is 4. The van der Waals surface area contributed by atoms with Crippen LogP contribution in [0.4, 0.5) is 8.78 Å². The molecule has 1 atom stereocenters. The third-order valence-corrected chi connectivity index (χ3v) is 3.45. The molecule has 1 aromatic heterocycles. The zero-order chi connectivity index (χ0) is 17.9. The van der Waals surface area contributed by atoms with E-state index >= 15 is 0 Å². The number of carbonyl (C=O) groups excluding carboxylic acids is 1. The summed E-state index contributed by atoms with van der Waals surface area (Å²) in [4.78, 5) is 13.6. The van der Waals surface area contributed by atoms with Gasteiger partial charge in [0.1, 0.15) is 0 Å². The highest BCUT2D eigenvalue weighted by Crippen LogP contribution is 2.13. The van der Waals surface area contributed by atoms with Crippen LogP contribution in [0, 0.1) is 17.6 Å². The Bertz CT molecular complexity index is 723. The normalized spacial score (nSPS) is 12.9. The lowest BCUT2D eigenvalue weighted by atomic mass is 10.0. The molecule has 130 valence electrons. The van der Waals surface area contributed by atoms with E-state index in [-0.39, 0.29) is 18.0 Å². The van der Waals surface area contributed by atoms with Crippen LogP contribution in [0.15, 0.2) is 18.2 Å². The van der Waals surface area contributed by atoms with E-state index in [4.69, 9.17) is 0 Å². The van der Waals surface area contributed by atoms with Gasteiger partial charge in [0.25, 0.3) is 0 Å². The monoisotopic (exact) mass is 337 g/mol. The SMILES string of the molecule is CC(Cc1ccc(F)c(F)c1)C(=O)NCc1nnn(C(C)(C)C)n1. The molecule has 6 nitrogen and oxygen atoms in total. The molecule has 0 fully saturated rings. The van der Waals surface area contributed by atoms with E-state index in [9.17, 15) is 13.6 Å². The van der Waals surface area contributed by atoms with Gasteiger partial charge in [0.05, 0.1) is 12.1 Å². The van der Waals surface area contributed by atoms with Crippen LogP contribution < -0.4 is 5.32 Å². The number of hydrogen-bond donors (Lipinski definition) is 1. The van der Waals surface area contributed by atoms with Crippen molar-refractivity contribution in [3.05, 3.63) is 41.2 Å². The van der Waals surface area contributed by atoms with Crippen LogP contribution in [-0.4, -0.2) is 26.1 Å².